The van der Waals surface area contributed by atoms with E-state index in [4.69, 9.17) is 21.1 Å². The van der Waals surface area contributed by atoms with Gasteiger partial charge >= 0.3 is 0 Å². The zero-order valence-electron chi connectivity index (χ0n) is 13.2. The summed E-state index contributed by atoms with van der Waals surface area (Å²) in [5.74, 6) is 1.24. The highest BCUT2D eigenvalue weighted by molar-refractivity contribution is 6.28. The average Bonchev–Trinajstić information content (AvgIpc) is 2.46. The summed E-state index contributed by atoms with van der Waals surface area (Å²) in [6.07, 6.45) is 0.287. The predicted octanol–water partition coefficient (Wildman–Crippen LogP) is 1.36. The van der Waals surface area contributed by atoms with Crippen molar-refractivity contribution in [1.29, 1.82) is 0 Å². The van der Waals surface area contributed by atoms with E-state index in [1.165, 1.54) is 0 Å². The van der Waals surface area contributed by atoms with Gasteiger partial charge in [-0.1, -0.05) is 0 Å². The molecule has 2 aliphatic heterocycles. The second-order valence-electron chi connectivity index (χ2n) is 5.98. The van der Waals surface area contributed by atoms with Gasteiger partial charge < -0.3 is 19.3 Å². The fourth-order valence-corrected chi connectivity index (χ4v) is 3.12. The first kappa shape index (κ1) is 15.7. The lowest BCUT2D eigenvalue weighted by Gasteiger charge is -2.36. The van der Waals surface area contributed by atoms with Gasteiger partial charge in [-0.25, -0.2) is 0 Å². The Bertz CT molecular complexity index is 522. The van der Waals surface area contributed by atoms with E-state index in [9.17, 15) is 0 Å². The summed E-state index contributed by atoms with van der Waals surface area (Å²) >= 11 is 6.13. The smallest absolute Gasteiger partial charge is 0.231 e. The molecule has 8 heteroatoms. The van der Waals surface area contributed by atoms with Crippen molar-refractivity contribution in [2.75, 3.05) is 42.6 Å². The molecule has 0 bridgehead atoms. The van der Waals surface area contributed by atoms with E-state index in [-0.39, 0.29) is 23.5 Å². The van der Waals surface area contributed by atoms with E-state index in [2.05, 4.69) is 45.5 Å². The largest absolute Gasteiger partial charge is 0.377 e. The third-order valence-electron chi connectivity index (χ3n) is 3.91. The molecule has 0 unspecified atom stereocenters. The van der Waals surface area contributed by atoms with Crippen molar-refractivity contribution >= 4 is 23.5 Å². The Balaban J connectivity index is 1.86. The van der Waals surface area contributed by atoms with Crippen LogP contribution in [-0.2, 0) is 9.47 Å². The maximum Gasteiger partial charge on any atom is 0.231 e. The van der Waals surface area contributed by atoms with E-state index in [0.717, 1.165) is 19.6 Å². The standard InChI is InChI=1S/C14H22ClN5O2/c1-9-8-21-5-4-20(9)14-17-12(15)16-13(18-14)19-6-10(2)22-11(3)7-19/h9-11H,4-8H2,1-3H3/t9-,10-,11+/m1/s1. The first-order valence-electron chi connectivity index (χ1n) is 7.69. The van der Waals surface area contributed by atoms with Crippen molar-refractivity contribution in [3.63, 3.8) is 0 Å². The molecule has 122 valence electrons. The third-order valence-corrected chi connectivity index (χ3v) is 4.08. The molecule has 0 aromatic carbocycles. The number of nitrogens with zero attached hydrogens (tertiary/aromatic N) is 5. The van der Waals surface area contributed by atoms with Gasteiger partial charge in [0, 0.05) is 19.6 Å². The molecule has 0 amide bonds. The van der Waals surface area contributed by atoms with E-state index >= 15 is 0 Å². The molecule has 0 saturated carbocycles. The quantitative estimate of drug-likeness (QED) is 0.812. The van der Waals surface area contributed by atoms with E-state index < -0.39 is 0 Å². The highest BCUT2D eigenvalue weighted by atomic mass is 35.5. The molecule has 0 radical (unpaired) electrons. The average molecular weight is 328 g/mol. The number of rotatable bonds is 2. The van der Waals surface area contributed by atoms with Crippen molar-refractivity contribution in [1.82, 2.24) is 15.0 Å². The molecular weight excluding hydrogens is 306 g/mol. The molecule has 3 rings (SSSR count). The SMILES string of the molecule is C[C@@H]1CN(c2nc(Cl)nc(N3CCOC[C@H]3C)n2)C[C@H](C)O1. The van der Waals surface area contributed by atoms with Crippen molar-refractivity contribution in [3.8, 4) is 0 Å². The van der Waals surface area contributed by atoms with Crippen LogP contribution in [0.1, 0.15) is 20.8 Å². The van der Waals surface area contributed by atoms with Crippen molar-refractivity contribution < 1.29 is 9.47 Å². The third kappa shape index (κ3) is 3.42. The minimum absolute atomic E-state index is 0.144. The monoisotopic (exact) mass is 327 g/mol. The van der Waals surface area contributed by atoms with Crippen LogP contribution in [0, 0.1) is 0 Å². The number of ether oxygens (including phenoxy) is 2. The van der Waals surface area contributed by atoms with Gasteiger partial charge in [0.05, 0.1) is 31.5 Å². The lowest BCUT2D eigenvalue weighted by Crippen LogP contribution is -2.47. The van der Waals surface area contributed by atoms with Crippen LogP contribution < -0.4 is 9.80 Å². The van der Waals surface area contributed by atoms with Crippen LogP contribution in [0.15, 0.2) is 0 Å². The molecule has 2 fully saturated rings. The van der Waals surface area contributed by atoms with E-state index in [1.54, 1.807) is 0 Å². The Morgan fingerprint density at radius 3 is 2.41 bits per heavy atom. The zero-order chi connectivity index (χ0) is 15.7. The van der Waals surface area contributed by atoms with Gasteiger partial charge in [-0.2, -0.15) is 15.0 Å². The maximum absolute atomic E-state index is 6.13. The minimum atomic E-state index is 0.144. The number of hydrogen-bond donors (Lipinski definition) is 0. The van der Waals surface area contributed by atoms with E-state index in [1.807, 2.05) is 0 Å². The normalized spacial score (nSPS) is 29.7. The van der Waals surface area contributed by atoms with Crippen LogP contribution in [0.3, 0.4) is 0 Å². The predicted molar refractivity (Wildman–Crippen MR) is 84.7 cm³/mol. The molecule has 0 spiro atoms. The number of morpholine rings is 2. The topological polar surface area (TPSA) is 63.6 Å². The van der Waals surface area contributed by atoms with Crippen molar-refractivity contribution in [2.45, 2.75) is 39.0 Å². The molecule has 3 atom stereocenters. The summed E-state index contributed by atoms with van der Waals surface area (Å²) in [4.78, 5) is 17.5. The van der Waals surface area contributed by atoms with E-state index in [0.29, 0.717) is 25.1 Å². The van der Waals surface area contributed by atoms with Crippen LogP contribution in [0.2, 0.25) is 5.28 Å². The maximum atomic E-state index is 6.13. The second kappa shape index (κ2) is 6.52. The molecular formula is C14H22ClN5O2. The van der Waals surface area contributed by atoms with Gasteiger partial charge in [0.25, 0.3) is 0 Å². The minimum Gasteiger partial charge on any atom is -0.377 e. The Morgan fingerprint density at radius 1 is 1.05 bits per heavy atom. The van der Waals surface area contributed by atoms with Crippen LogP contribution in [-0.4, -0.2) is 66.0 Å². The second-order valence-corrected chi connectivity index (χ2v) is 6.32. The number of aromatic nitrogens is 3. The van der Waals surface area contributed by atoms with Gasteiger partial charge in [0.15, 0.2) is 0 Å². The Kier molecular flexibility index (Phi) is 4.65. The van der Waals surface area contributed by atoms with Crippen LogP contribution in [0.5, 0.6) is 0 Å². The van der Waals surface area contributed by atoms with Gasteiger partial charge in [-0.3, -0.25) is 0 Å². The Hall–Kier alpha value is -1.18. The Labute approximate surface area is 135 Å². The number of hydrogen-bond acceptors (Lipinski definition) is 7. The molecule has 1 aromatic heterocycles. The summed E-state index contributed by atoms with van der Waals surface area (Å²) < 4.78 is 11.2. The molecule has 3 heterocycles. The first-order chi connectivity index (χ1) is 10.5. The highest BCUT2D eigenvalue weighted by Gasteiger charge is 2.27. The summed E-state index contributed by atoms with van der Waals surface area (Å²) in [6.45, 7) is 9.81. The van der Waals surface area contributed by atoms with Gasteiger partial charge in [-0.15, -0.1) is 0 Å². The fraction of sp³-hybridized carbons (Fsp3) is 0.786. The zero-order valence-corrected chi connectivity index (χ0v) is 14.0. The summed E-state index contributed by atoms with van der Waals surface area (Å²) in [6, 6.07) is 0.225. The van der Waals surface area contributed by atoms with Crippen LogP contribution in [0.4, 0.5) is 11.9 Å². The molecule has 2 saturated heterocycles. The summed E-state index contributed by atoms with van der Waals surface area (Å²) in [5, 5.41) is 0.227. The lowest BCUT2D eigenvalue weighted by atomic mass is 10.2. The number of halogens is 1. The molecule has 2 aliphatic rings. The highest BCUT2D eigenvalue weighted by Crippen LogP contribution is 2.22. The van der Waals surface area contributed by atoms with Crippen LogP contribution >= 0.6 is 11.6 Å². The summed E-state index contributed by atoms with van der Waals surface area (Å²) in [7, 11) is 0. The fourth-order valence-electron chi connectivity index (χ4n) is 2.96. The number of anilines is 2. The first-order valence-corrected chi connectivity index (χ1v) is 8.07. The molecule has 1 aromatic rings. The van der Waals surface area contributed by atoms with Gasteiger partial charge in [0.2, 0.25) is 17.2 Å². The van der Waals surface area contributed by atoms with Gasteiger partial charge in [-0.05, 0) is 32.4 Å². The molecule has 0 N–H and O–H groups in total. The summed E-state index contributed by atoms with van der Waals surface area (Å²) in [5.41, 5.74) is 0. The molecule has 7 nitrogen and oxygen atoms in total. The lowest BCUT2D eigenvalue weighted by molar-refractivity contribution is -0.00573. The van der Waals surface area contributed by atoms with Crippen molar-refractivity contribution in [2.24, 2.45) is 0 Å². The molecule has 0 aliphatic carbocycles. The van der Waals surface area contributed by atoms with Gasteiger partial charge in [0.1, 0.15) is 0 Å². The van der Waals surface area contributed by atoms with Crippen molar-refractivity contribution in [3.05, 3.63) is 5.28 Å². The molecule has 22 heavy (non-hydrogen) atoms. The van der Waals surface area contributed by atoms with Crippen LogP contribution in [0.25, 0.3) is 0 Å². The Morgan fingerprint density at radius 2 is 1.73 bits per heavy atom.